The Morgan fingerprint density at radius 2 is 2.16 bits per heavy atom. The van der Waals surface area contributed by atoms with Crippen LogP contribution in [0.5, 0.6) is 5.75 Å². The molecule has 0 atom stereocenters. The number of nitrogens with two attached hydrogens (primary N) is 1. The molecule has 0 unspecified atom stereocenters. The molecule has 0 aromatic heterocycles. The standard InChI is InChI=1S/C15H23N3O/c1-13(2)18(9-4-8-16)10-5-11-19-15-7-3-6-14(17)12-15/h3,6-7,12-13H,4-5,9-11,17H2,1-2H3. The first-order valence-electron chi connectivity index (χ1n) is 6.73. The Hall–Kier alpha value is -1.73. The molecule has 4 heteroatoms. The SMILES string of the molecule is CC(C)N(CCC#N)CCCOc1cccc(N)c1. The third kappa shape index (κ3) is 6.12. The number of benzene rings is 1. The fourth-order valence-electron chi connectivity index (χ4n) is 1.88. The summed E-state index contributed by atoms with van der Waals surface area (Å²) in [7, 11) is 0. The summed E-state index contributed by atoms with van der Waals surface area (Å²) in [5, 5.41) is 8.63. The number of nitriles is 1. The minimum Gasteiger partial charge on any atom is -0.493 e. The van der Waals surface area contributed by atoms with Crippen LogP contribution in [0.2, 0.25) is 0 Å². The minimum atomic E-state index is 0.459. The molecule has 0 fully saturated rings. The molecule has 0 spiro atoms. The van der Waals surface area contributed by atoms with Gasteiger partial charge in [-0.3, -0.25) is 4.90 Å². The number of hydrogen-bond acceptors (Lipinski definition) is 4. The maximum absolute atomic E-state index is 8.63. The van der Waals surface area contributed by atoms with Crippen LogP contribution in [-0.2, 0) is 0 Å². The zero-order chi connectivity index (χ0) is 14.1. The van der Waals surface area contributed by atoms with E-state index in [1.54, 1.807) is 0 Å². The highest BCUT2D eigenvalue weighted by molar-refractivity contribution is 5.43. The second kappa shape index (κ2) is 8.39. The molecule has 0 aliphatic rings. The van der Waals surface area contributed by atoms with Gasteiger partial charge in [0.2, 0.25) is 0 Å². The summed E-state index contributed by atoms with van der Waals surface area (Å²) in [6.45, 7) is 6.74. The molecule has 0 aliphatic carbocycles. The van der Waals surface area contributed by atoms with E-state index in [9.17, 15) is 0 Å². The average molecular weight is 261 g/mol. The van der Waals surface area contributed by atoms with E-state index in [2.05, 4.69) is 24.8 Å². The van der Waals surface area contributed by atoms with Crippen LogP contribution in [0.4, 0.5) is 5.69 Å². The van der Waals surface area contributed by atoms with Crippen LogP contribution in [0.15, 0.2) is 24.3 Å². The van der Waals surface area contributed by atoms with Gasteiger partial charge in [-0.05, 0) is 32.4 Å². The van der Waals surface area contributed by atoms with Gasteiger partial charge in [-0.25, -0.2) is 0 Å². The molecule has 4 nitrogen and oxygen atoms in total. The van der Waals surface area contributed by atoms with Crippen molar-refractivity contribution in [2.24, 2.45) is 0 Å². The molecular formula is C15H23N3O. The zero-order valence-corrected chi connectivity index (χ0v) is 11.8. The van der Waals surface area contributed by atoms with Crippen molar-refractivity contribution in [2.45, 2.75) is 32.7 Å². The molecule has 1 aromatic carbocycles. The molecule has 0 saturated heterocycles. The van der Waals surface area contributed by atoms with Crippen molar-refractivity contribution in [3.8, 4) is 11.8 Å². The number of nitrogens with zero attached hydrogens (tertiary/aromatic N) is 2. The Balaban J connectivity index is 2.27. The molecule has 1 aromatic rings. The number of anilines is 1. The van der Waals surface area contributed by atoms with E-state index in [0.717, 1.165) is 30.9 Å². The van der Waals surface area contributed by atoms with Crippen LogP contribution in [-0.4, -0.2) is 30.6 Å². The molecule has 0 heterocycles. The number of ether oxygens (including phenoxy) is 1. The van der Waals surface area contributed by atoms with E-state index in [-0.39, 0.29) is 0 Å². The highest BCUT2D eigenvalue weighted by Gasteiger charge is 2.08. The molecule has 0 aliphatic heterocycles. The second-order valence-electron chi connectivity index (χ2n) is 4.81. The third-order valence-electron chi connectivity index (χ3n) is 2.96. The van der Waals surface area contributed by atoms with E-state index in [1.165, 1.54) is 0 Å². The van der Waals surface area contributed by atoms with E-state index in [1.807, 2.05) is 24.3 Å². The lowest BCUT2D eigenvalue weighted by atomic mass is 10.2. The lowest BCUT2D eigenvalue weighted by molar-refractivity contribution is 0.201. The molecule has 104 valence electrons. The Labute approximate surface area is 115 Å². The van der Waals surface area contributed by atoms with Crippen molar-refractivity contribution in [3.05, 3.63) is 24.3 Å². The molecule has 0 amide bonds. The first kappa shape index (κ1) is 15.3. The molecular weight excluding hydrogens is 238 g/mol. The van der Waals surface area contributed by atoms with Gasteiger partial charge in [-0.2, -0.15) is 5.26 Å². The van der Waals surface area contributed by atoms with Crippen molar-refractivity contribution in [1.82, 2.24) is 4.90 Å². The molecule has 1 rings (SSSR count). The average Bonchev–Trinajstić information content (AvgIpc) is 2.37. The summed E-state index contributed by atoms with van der Waals surface area (Å²) in [4.78, 5) is 2.30. The Bertz CT molecular complexity index is 412. The quantitative estimate of drug-likeness (QED) is 0.577. The summed E-state index contributed by atoms with van der Waals surface area (Å²) >= 11 is 0. The van der Waals surface area contributed by atoms with Gasteiger partial charge in [0.15, 0.2) is 0 Å². The maximum atomic E-state index is 8.63. The van der Waals surface area contributed by atoms with Gasteiger partial charge in [0.25, 0.3) is 0 Å². The maximum Gasteiger partial charge on any atom is 0.121 e. The fourth-order valence-corrected chi connectivity index (χ4v) is 1.88. The monoisotopic (exact) mass is 261 g/mol. The van der Waals surface area contributed by atoms with Crippen LogP contribution < -0.4 is 10.5 Å². The summed E-state index contributed by atoms with van der Waals surface area (Å²) in [6.07, 6.45) is 1.52. The van der Waals surface area contributed by atoms with E-state index >= 15 is 0 Å². The van der Waals surface area contributed by atoms with Gasteiger partial charge in [0, 0.05) is 37.3 Å². The molecule has 0 radical (unpaired) electrons. The van der Waals surface area contributed by atoms with Gasteiger partial charge in [0.1, 0.15) is 5.75 Å². The fraction of sp³-hybridized carbons (Fsp3) is 0.533. The second-order valence-corrected chi connectivity index (χ2v) is 4.81. The van der Waals surface area contributed by atoms with Crippen LogP contribution >= 0.6 is 0 Å². The van der Waals surface area contributed by atoms with Gasteiger partial charge in [0.05, 0.1) is 12.7 Å². The van der Waals surface area contributed by atoms with Crippen molar-refractivity contribution in [1.29, 1.82) is 5.26 Å². The van der Waals surface area contributed by atoms with Crippen molar-refractivity contribution < 1.29 is 4.74 Å². The summed E-state index contributed by atoms with van der Waals surface area (Å²) in [5.74, 6) is 0.813. The van der Waals surface area contributed by atoms with Crippen LogP contribution in [0, 0.1) is 11.3 Å². The van der Waals surface area contributed by atoms with Crippen molar-refractivity contribution >= 4 is 5.69 Å². The zero-order valence-electron chi connectivity index (χ0n) is 11.8. The highest BCUT2D eigenvalue weighted by Crippen LogP contribution is 2.14. The van der Waals surface area contributed by atoms with Gasteiger partial charge < -0.3 is 10.5 Å². The van der Waals surface area contributed by atoms with Gasteiger partial charge in [-0.1, -0.05) is 6.07 Å². The topological polar surface area (TPSA) is 62.3 Å². The van der Waals surface area contributed by atoms with E-state index in [4.69, 9.17) is 15.7 Å². The number of rotatable bonds is 8. The number of hydrogen-bond donors (Lipinski definition) is 1. The Kier molecular flexibility index (Phi) is 6.76. The van der Waals surface area contributed by atoms with Gasteiger partial charge >= 0.3 is 0 Å². The van der Waals surface area contributed by atoms with Crippen LogP contribution in [0.1, 0.15) is 26.7 Å². The van der Waals surface area contributed by atoms with Crippen LogP contribution in [0.25, 0.3) is 0 Å². The predicted molar refractivity (Wildman–Crippen MR) is 77.9 cm³/mol. The first-order valence-corrected chi connectivity index (χ1v) is 6.73. The lowest BCUT2D eigenvalue weighted by Gasteiger charge is -2.25. The lowest BCUT2D eigenvalue weighted by Crippen LogP contribution is -2.33. The minimum absolute atomic E-state index is 0.459. The van der Waals surface area contributed by atoms with Crippen LogP contribution in [0.3, 0.4) is 0 Å². The predicted octanol–water partition coefficient (Wildman–Crippen LogP) is 2.66. The summed E-state index contributed by atoms with van der Waals surface area (Å²) < 4.78 is 5.65. The summed E-state index contributed by atoms with van der Waals surface area (Å²) in [5.41, 5.74) is 6.40. The smallest absolute Gasteiger partial charge is 0.121 e. The number of nitrogen functional groups attached to an aromatic ring is 1. The Morgan fingerprint density at radius 1 is 1.37 bits per heavy atom. The molecule has 19 heavy (non-hydrogen) atoms. The van der Waals surface area contributed by atoms with Crippen molar-refractivity contribution in [3.63, 3.8) is 0 Å². The van der Waals surface area contributed by atoms with E-state index < -0.39 is 0 Å². The van der Waals surface area contributed by atoms with Gasteiger partial charge in [-0.15, -0.1) is 0 Å². The largest absolute Gasteiger partial charge is 0.493 e. The van der Waals surface area contributed by atoms with E-state index in [0.29, 0.717) is 19.1 Å². The molecule has 2 N–H and O–H groups in total. The highest BCUT2D eigenvalue weighted by atomic mass is 16.5. The Morgan fingerprint density at radius 3 is 2.79 bits per heavy atom. The third-order valence-corrected chi connectivity index (χ3v) is 2.96. The first-order chi connectivity index (χ1) is 9.13. The normalized spacial score (nSPS) is 10.7. The van der Waals surface area contributed by atoms with Crippen molar-refractivity contribution in [2.75, 3.05) is 25.4 Å². The molecule has 0 bridgehead atoms. The molecule has 0 saturated carbocycles. The summed E-state index contributed by atoms with van der Waals surface area (Å²) in [6, 6.07) is 10.1.